The van der Waals surface area contributed by atoms with Crippen LogP contribution in [0.5, 0.6) is 5.75 Å². The lowest BCUT2D eigenvalue weighted by Crippen LogP contribution is -2.17. The summed E-state index contributed by atoms with van der Waals surface area (Å²) in [6.45, 7) is 3.34. The minimum atomic E-state index is -3.22. The maximum atomic E-state index is 12.2. The van der Waals surface area contributed by atoms with Gasteiger partial charge in [0, 0.05) is 42.6 Å². The minimum Gasteiger partial charge on any atom is -0.491 e. The van der Waals surface area contributed by atoms with Gasteiger partial charge in [0.25, 0.3) is 5.56 Å². The molecule has 9 heteroatoms. The summed E-state index contributed by atoms with van der Waals surface area (Å²) in [7, 11) is -0.135. The first-order valence-corrected chi connectivity index (χ1v) is 11.7. The molecule has 3 aromatic rings. The molecule has 1 aliphatic rings. The predicted octanol–water partition coefficient (Wildman–Crippen LogP) is 2.21. The Morgan fingerprint density at radius 3 is 2.80 bits per heavy atom. The molecule has 0 saturated carbocycles. The Bertz CT molecular complexity index is 1250. The van der Waals surface area contributed by atoms with Gasteiger partial charge in [-0.3, -0.25) is 4.79 Å². The quantitative estimate of drug-likeness (QED) is 0.638. The molecule has 30 heavy (non-hydrogen) atoms. The molecule has 2 aromatic heterocycles. The molecular formula is C21H25N3O5S. The first kappa shape index (κ1) is 20.6. The molecule has 1 aromatic carbocycles. The molecule has 0 bridgehead atoms. The normalized spacial score (nSPS) is 17.0. The van der Waals surface area contributed by atoms with E-state index in [1.807, 2.05) is 0 Å². The Hall–Kier alpha value is -2.65. The van der Waals surface area contributed by atoms with E-state index in [4.69, 9.17) is 9.15 Å². The van der Waals surface area contributed by atoms with Gasteiger partial charge in [-0.05, 0) is 36.7 Å². The molecule has 1 fully saturated rings. The van der Waals surface area contributed by atoms with Gasteiger partial charge in [-0.2, -0.15) is 0 Å². The van der Waals surface area contributed by atoms with Crippen molar-refractivity contribution in [1.82, 2.24) is 14.9 Å². The highest BCUT2D eigenvalue weighted by Crippen LogP contribution is 2.35. The monoisotopic (exact) mass is 431 g/mol. The number of methoxy groups -OCH3 is 1. The number of oxazole rings is 1. The Labute approximate surface area is 174 Å². The number of sulfone groups is 1. The second kappa shape index (κ2) is 7.88. The van der Waals surface area contributed by atoms with Crippen LogP contribution in [0.1, 0.15) is 30.7 Å². The van der Waals surface area contributed by atoms with Crippen LogP contribution < -0.4 is 15.6 Å². The van der Waals surface area contributed by atoms with Crippen molar-refractivity contribution >= 4 is 20.9 Å². The molecular weight excluding hydrogens is 406 g/mol. The summed E-state index contributed by atoms with van der Waals surface area (Å²) in [5, 5.41) is 3.31. The highest BCUT2D eigenvalue weighted by Gasteiger charge is 2.24. The molecule has 1 atom stereocenters. The fourth-order valence-electron chi connectivity index (χ4n) is 3.78. The van der Waals surface area contributed by atoms with E-state index < -0.39 is 9.84 Å². The second-order valence-electron chi connectivity index (χ2n) is 7.62. The summed E-state index contributed by atoms with van der Waals surface area (Å²) in [4.78, 5) is 16.9. The Morgan fingerprint density at radius 1 is 1.33 bits per heavy atom. The first-order chi connectivity index (χ1) is 14.3. The van der Waals surface area contributed by atoms with Gasteiger partial charge in [0.05, 0.1) is 12.9 Å². The lowest BCUT2D eigenvalue weighted by molar-refractivity contribution is 0.405. The van der Waals surface area contributed by atoms with Gasteiger partial charge < -0.3 is 19.0 Å². The average Bonchev–Trinajstić information content (AvgIpc) is 3.38. The Balaban J connectivity index is 1.93. The number of hydrogen-bond acceptors (Lipinski definition) is 7. The van der Waals surface area contributed by atoms with E-state index in [0.717, 1.165) is 19.5 Å². The van der Waals surface area contributed by atoms with Crippen LogP contribution in [0.4, 0.5) is 0 Å². The molecule has 1 saturated heterocycles. The first-order valence-electron chi connectivity index (χ1n) is 9.91. The number of pyridine rings is 1. The van der Waals surface area contributed by atoms with Gasteiger partial charge in [0.1, 0.15) is 5.52 Å². The maximum Gasteiger partial charge on any atom is 0.292 e. The van der Waals surface area contributed by atoms with Gasteiger partial charge in [-0.15, -0.1) is 0 Å². The molecule has 3 heterocycles. The lowest BCUT2D eigenvalue weighted by atomic mass is 10.0. The number of aromatic nitrogens is 2. The van der Waals surface area contributed by atoms with Crippen molar-refractivity contribution in [3.8, 4) is 16.9 Å². The SMILES string of the molecule is CCS(=O)(=O)Cc1cc(-c2cc(OC)c(=O)n(C)c2)c2oc(C3CCNC3)nc2c1. The summed E-state index contributed by atoms with van der Waals surface area (Å²) < 4.78 is 37.3. The molecule has 1 N–H and O–H groups in total. The zero-order valence-electron chi connectivity index (χ0n) is 17.3. The number of hydrogen-bond donors (Lipinski definition) is 1. The van der Waals surface area contributed by atoms with Gasteiger partial charge in [-0.1, -0.05) is 6.92 Å². The summed E-state index contributed by atoms with van der Waals surface area (Å²) >= 11 is 0. The highest BCUT2D eigenvalue weighted by molar-refractivity contribution is 7.90. The van der Waals surface area contributed by atoms with E-state index >= 15 is 0 Å². The zero-order valence-corrected chi connectivity index (χ0v) is 18.1. The molecule has 1 aliphatic heterocycles. The van der Waals surface area contributed by atoms with Crippen molar-refractivity contribution in [2.24, 2.45) is 7.05 Å². The van der Waals surface area contributed by atoms with Crippen molar-refractivity contribution in [2.75, 3.05) is 26.0 Å². The van der Waals surface area contributed by atoms with E-state index in [2.05, 4.69) is 10.3 Å². The largest absolute Gasteiger partial charge is 0.491 e. The molecule has 4 rings (SSSR count). The van der Waals surface area contributed by atoms with E-state index in [9.17, 15) is 13.2 Å². The molecule has 160 valence electrons. The number of benzene rings is 1. The smallest absolute Gasteiger partial charge is 0.292 e. The standard InChI is InChI=1S/C21H25N3O5S/c1-4-30(26,27)12-13-7-16(15-9-18(28-3)21(25)24(2)11-15)19-17(8-13)23-20(29-19)14-5-6-22-10-14/h7-9,11,14,22H,4-6,10,12H2,1-3H3. The topological polar surface area (TPSA) is 103 Å². The predicted molar refractivity (Wildman–Crippen MR) is 115 cm³/mol. The van der Waals surface area contributed by atoms with Crippen LogP contribution in [0.15, 0.2) is 33.6 Å². The van der Waals surface area contributed by atoms with Crippen molar-refractivity contribution in [3.63, 3.8) is 0 Å². The minimum absolute atomic E-state index is 0.0614. The van der Waals surface area contributed by atoms with Crippen molar-refractivity contribution in [1.29, 1.82) is 0 Å². The van der Waals surface area contributed by atoms with Crippen molar-refractivity contribution < 1.29 is 17.6 Å². The third kappa shape index (κ3) is 3.87. The van der Waals surface area contributed by atoms with E-state index in [1.165, 1.54) is 11.7 Å². The number of ether oxygens (including phenoxy) is 1. The second-order valence-corrected chi connectivity index (χ2v) is 9.98. The Morgan fingerprint density at radius 2 is 2.13 bits per heavy atom. The van der Waals surface area contributed by atoms with Crippen LogP contribution in [-0.2, 0) is 22.6 Å². The number of rotatable bonds is 6. The Kier molecular flexibility index (Phi) is 5.42. The molecule has 1 unspecified atom stereocenters. The molecule has 0 amide bonds. The van der Waals surface area contributed by atoms with Crippen LogP contribution in [0.2, 0.25) is 0 Å². The van der Waals surface area contributed by atoms with Crippen LogP contribution in [-0.4, -0.2) is 43.9 Å². The molecule has 0 spiro atoms. The van der Waals surface area contributed by atoms with Crippen LogP contribution in [0.25, 0.3) is 22.2 Å². The fraction of sp³-hybridized carbons (Fsp3) is 0.429. The highest BCUT2D eigenvalue weighted by atomic mass is 32.2. The number of fused-ring (bicyclic) bond motifs is 1. The number of aryl methyl sites for hydroxylation is 1. The van der Waals surface area contributed by atoms with E-state index in [1.54, 1.807) is 38.4 Å². The van der Waals surface area contributed by atoms with Crippen LogP contribution >= 0.6 is 0 Å². The van der Waals surface area contributed by atoms with E-state index in [0.29, 0.717) is 33.7 Å². The summed E-state index contributed by atoms with van der Waals surface area (Å²) in [6, 6.07) is 5.23. The fourth-order valence-corrected chi connectivity index (χ4v) is 4.66. The van der Waals surface area contributed by atoms with Crippen LogP contribution in [0, 0.1) is 0 Å². The summed E-state index contributed by atoms with van der Waals surface area (Å²) in [5.74, 6) is 1.01. The summed E-state index contributed by atoms with van der Waals surface area (Å²) in [5.41, 5.74) is 2.96. The molecule has 0 radical (unpaired) electrons. The summed E-state index contributed by atoms with van der Waals surface area (Å²) in [6.07, 6.45) is 2.63. The average molecular weight is 432 g/mol. The van der Waals surface area contributed by atoms with E-state index in [-0.39, 0.29) is 28.7 Å². The molecule has 0 aliphatic carbocycles. The van der Waals surface area contributed by atoms with Gasteiger partial charge >= 0.3 is 0 Å². The van der Waals surface area contributed by atoms with Crippen molar-refractivity contribution in [2.45, 2.75) is 25.0 Å². The van der Waals surface area contributed by atoms with Crippen LogP contribution in [0.3, 0.4) is 0 Å². The number of nitrogens with one attached hydrogen (secondary N) is 1. The third-order valence-electron chi connectivity index (χ3n) is 5.48. The maximum absolute atomic E-state index is 12.2. The zero-order chi connectivity index (χ0) is 21.5. The van der Waals surface area contributed by atoms with Crippen molar-refractivity contribution in [3.05, 3.63) is 46.2 Å². The van der Waals surface area contributed by atoms with Gasteiger partial charge in [0.15, 0.2) is 27.1 Å². The lowest BCUT2D eigenvalue weighted by Gasteiger charge is -2.10. The molecule has 8 nitrogen and oxygen atoms in total. The van der Waals surface area contributed by atoms with Gasteiger partial charge in [0.2, 0.25) is 0 Å². The van der Waals surface area contributed by atoms with Gasteiger partial charge in [-0.25, -0.2) is 13.4 Å². The number of nitrogens with zero attached hydrogens (tertiary/aromatic N) is 2. The third-order valence-corrected chi connectivity index (χ3v) is 7.14.